The van der Waals surface area contributed by atoms with Crippen LogP contribution in [-0.2, 0) is 34.5 Å². The Morgan fingerprint density at radius 2 is 1.95 bits per heavy atom. The number of carbonyl (C=O) groups excluding carboxylic acids is 1. The molecule has 0 saturated heterocycles. The van der Waals surface area contributed by atoms with Crippen molar-refractivity contribution in [3.63, 3.8) is 0 Å². The molecule has 1 N–H and O–H groups in total. The van der Waals surface area contributed by atoms with E-state index in [1.807, 2.05) is 0 Å². The summed E-state index contributed by atoms with van der Waals surface area (Å²) in [6.07, 6.45) is -3.84. The Hall–Kier alpha value is -4.60. The van der Waals surface area contributed by atoms with Crippen LogP contribution in [0.25, 0.3) is 0 Å². The lowest BCUT2D eigenvalue weighted by Crippen LogP contribution is -2.25. The largest absolute Gasteiger partial charge is 0.481 e. The van der Waals surface area contributed by atoms with Gasteiger partial charge in [0.25, 0.3) is 6.43 Å². The van der Waals surface area contributed by atoms with E-state index in [-0.39, 0.29) is 41.3 Å². The maximum absolute atomic E-state index is 15.4. The lowest BCUT2D eigenvalue weighted by Gasteiger charge is -2.14. The first-order valence-electron chi connectivity index (χ1n) is 10.8. The number of hydrogen-bond donors (Lipinski definition) is 1. The molecule has 0 unspecified atom stereocenters. The molecule has 0 fully saturated rings. The lowest BCUT2D eigenvalue weighted by molar-refractivity contribution is -0.151. The topological polar surface area (TPSA) is 136 Å². The third-order valence-corrected chi connectivity index (χ3v) is 5.27. The molecule has 10 nitrogen and oxygen atoms in total. The molecular formula is C24H21F3N4O6. The van der Waals surface area contributed by atoms with Gasteiger partial charge in [0.05, 0.1) is 24.5 Å². The minimum atomic E-state index is -2.86. The van der Waals surface area contributed by atoms with Crippen LogP contribution in [0.1, 0.15) is 47.3 Å². The van der Waals surface area contributed by atoms with Crippen LogP contribution in [0.2, 0.25) is 0 Å². The van der Waals surface area contributed by atoms with Gasteiger partial charge >= 0.3 is 17.6 Å². The van der Waals surface area contributed by atoms with Crippen molar-refractivity contribution < 1.29 is 37.3 Å². The molecule has 0 aliphatic rings. The van der Waals surface area contributed by atoms with Crippen molar-refractivity contribution in [3.05, 3.63) is 74.7 Å². The third kappa shape index (κ3) is 6.54. The molecule has 3 aromatic rings. The molecule has 37 heavy (non-hydrogen) atoms. The van der Waals surface area contributed by atoms with E-state index in [0.717, 1.165) is 21.4 Å². The Balaban J connectivity index is 1.83. The first-order chi connectivity index (χ1) is 17.5. The van der Waals surface area contributed by atoms with Crippen LogP contribution in [0.15, 0.2) is 35.1 Å². The normalized spacial score (nSPS) is 10.8. The van der Waals surface area contributed by atoms with Crippen molar-refractivity contribution in [2.24, 2.45) is 7.05 Å². The van der Waals surface area contributed by atoms with Crippen molar-refractivity contribution in [2.75, 3.05) is 0 Å². The Labute approximate surface area is 208 Å². The first-order valence-corrected chi connectivity index (χ1v) is 10.8. The summed E-state index contributed by atoms with van der Waals surface area (Å²) in [5, 5.41) is 21.8. The molecule has 0 radical (unpaired) electrons. The van der Waals surface area contributed by atoms with E-state index in [9.17, 15) is 23.2 Å². The molecule has 0 bridgehead atoms. The standard InChI is InChI=1S/C24H21F3N4O6/c1-13-3-4-15(21(25)22(13)37-17-8-14(11-28)7-16(9-17)23(26)27)10-18-29-31(24(35)30(18)2)12-36-20(34)6-5-19(32)33/h3-4,7-9,23H,5-6,10,12H2,1-2H3,(H,32,33). The third-order valence-electron chi connectivity index (χ3n) is 5.27. The zero-order valence-electron chi connectivity index (χ0n) is 19.7. The highest BCUT2D eigenvalue weighted by Crippen LogP contribution is 2.33. The molecule has 1 aromatic heterocycles. The number of ether oxygens (including phenoxy) is 2. The SMILES string of the molecule is Cc1ccc(Cc2nn(COC(=O)CCC(=O)O)c(=O)n2C)c(F)c1Oc1cc(C#N)cc(C(F)F)c1. The number of alkyl halides is 2. The number of nitriles is 1. The number of carboxylic acids is 1. The van der Waals surface area contributed by atoms with Gasteiger partial charge in [-0.25, -0.2) is 18.0 Å². The highest BCUT2D eigenvalue weighted by Gasteiger charge is 2.19. The van der Waals surface area contributed by atoms with Gasteiger partial charge in [0.2, 0.25) is 0 Å². The number of nitrogens with zero attached hydrogens (tertiary/aromatic N) is 4. The van der Waals surface area contributed by atoms with E-state index < -0.39 is 48.6 Å². The summed E-state index contributed by atoms with van der Waals surface area (Å²) in [6, 6.07) is 7.98. The van der Waals surface area contributed by atoms with Crippen LogP contribution >= 0.6 is 0 Å². The zero-order chi connectivity index (χ0) is 27.3. The fourth-order valence-electron chi connectivity index (χ4n) is 3.30. The van der Waals surface area contributed by atoms with Gasteiger partial charge in [-0.2, -0.15) is 15.0 Å². The van der Waals surface area contributed by atoms with Crippen molar-refractivity contribution in [1.29, 1.82) is 5.26 Å². The van der Waals surface area contributed by atoms with E-state index in [4.69, 9.17) is 19.8 Å². The van der Waals surface area contributed by atoms with Gasteiger partial charge < -0.3 is 14.6 Å². The van der Waals surface area contributed by atoms with Gasteiger partial charge in [0.15, 0.2) is 18.3 Å². The number of halogens is 3. The average molecular weight is 518 g/mol. The first kappa shape index (κ1) is 27.0. The number of aryl methyl sites for hydroxylation is 1. The van der Waals surface area contributed by atoms with Crippen LogP contribution in [0, 0.1) is 24.1 Å². The maximum atomic E-state index is 15.4. The maximum Gasteiger partial charge on any atom is 0.348 e. The minimum Gasteiger partial charge on any atom is -0.481 e. The summed E-state index contributed by atoms with van der Waals surface area (Å²) in [7, 11) is 1.39. The van der Waals surface area contributed by atoms with Crippen LogP contribution in [-0.4, -0.2) is 31.4 Å². The molecule has 1 heterocycles. The van der Waals surface area contributed by atoms with Crippen LogP contribution in [0.5, 0.6) is 11.5 Å². The number of carboxylic acid groups (broad SMARTS) is 1. The van der Waals surface area contributed by atoms with Gasteiger partial charge in [-0.05, 0) is 36.2 Å². The van der Waals surface area contributed by atoms with Crippen molar-refractivity contribution in [1.82, 2.24) is 14.3 Å². The molecule has 0 atom stereocenters. The molecule has 3 rings (SSSR count). The Morgan fingerprint density at radius 3 is 2.59 bits per heavy atom. The molecule has 0 aliphatic heterocycles. The number of esters is 1. The van der Waals surface area contributed by atoms with Gasteiger partial charge in [-0.15, -0.1) is 0 Å². The number of carbonyl (C=O) groups is 2. The molecule has 0 spiro atoms. The molecule has 194 valence electrons. The monoisotopic (exact) mass is 518 g/mol. The van der Waals surface area contributed by atoms with Crippen LogP contribution < -0.4 is 10.4 Å². The summed E-state index contributed by atoms with van der Waals surface area (Å²) in [5.41, 5.74) is -0.753. The van der Waals surface area contributed by atoms with Gasteiger partial charge in [0, 0.05) is 19.0 Å². The predicted molar refractivity (Wildman–Crippen MR) is 121 cm³/mol. The van der Waals surface area contributed by atoms with Crippen molar-refractivity contribution >= 4 is 11.9 Å². The summed E-state index contributed by atoms with van der Waals surface area (Å²) in [6.45, 7) is 0.991. The second-order valence-electron chi connectivity index (χ2n) is 7.96. The van der Waals surface area contributed by atoms with E-state index in [2.05, 4.69) is 5.10 Å². The Bertz CT molecular complexity index is 1440. The second kappa shape index (κ2) is 11.4. The van der Waals surface area contributed by atoms with Gasteiger partial charge in [-0.1, -0.05) is 12.1 Å². The molecule has 2 aromatic carbocycles. The van der Waals surface area contributed by atoms with E-state index >= 15 is 4.39 Å². The van der Waals surface area contributed by atoms with E-state index in [1.54, 1.807) is 13.0 Å². The summed E-state index contributed by atoms with van der Waals surface area (Å²) >= 11 is 0. The lowest BCUT2D eigenvalue weighted by atomic mass is 10.1. The number of benzene rings is 2. The van der Waals surface area contributed by atoms with Crippen LogP contribution in [0.3, 0.4) is 0 Å². The summed E-state index contributed by atoms with van der Waals surface area (Å²) in [5.74, 6) is -3.09. The molecule has 0 saturated carbocycles. The average Bonchev–Trinajstić information content (AvgIpc) is 3.13. The predicted octanol–water partition coefficient (Wildman–Crippen LogP) is 3.59. The number of aliphatic carboxylic acids is 1. The molecule has 0 amide bonds. The van der Waals surface area contributed by atoms with Crippen molar-refractivity contribution in [2.45, 2.75) is 39.3 Å². The van der Waals surface area contributed by atoms with E-state index in [0.29, 0.717) is 5.56 Å². The number of aromatic nitrogens is 3. The summed E-state index contributed by atoms with van der Waals surface area (Å²) in [4.78, 5) is 34.6. The smallest absolute Gasteiger partial charge is 0.348 e. The van der Waals surface area contributed by atoms with Gasteiger partial charge in [0.1, 0.15) is 11.6 Å². The number of hydrogen-bond acceptors (Lipinski definition) is 7. The van der Waals surface area contributed by atoms with E-state index in [1.165, 1.54) is 25.2 Å². The minimum absolute atomic E-state index is 0.0739. The highest BCUT2D eigenvalue weighted by molar-refractivity contribution is 5.76. The fourth-order valence-corrected chi connectivity index (χ4v) is 3.30. The quantitative estimate of drug-likeness (QED) is 0.402. The molecular weight excluding hydrogens is 497 g/mol. The Kier molecular flexibility index (Phi) is 8.33. The highest BCUT2D eigenvalue weighted by atomic mass is 19.3. The van der Waals surface area contributed by atoms with Crippen LogP contribution in [0.4, 0.5) is 13.2 Å². The molecule has 0 aliphatic carbocycles. The second-order valence-corrected chi connectivity index (χ2v) is 7.96. The number of rotatable bonds is 10. The zero-order valence-corrected chi connectivity index (χ0v) is 19.7. The van der Waals surface area contributed by atoms with Gasteiger partial charge in [-0.3, -0.25) is 14.2 Å². The van der Waals surface area contributed by atoms with Crippen molar-refractivity contribution in [3.8, 4) is 17.6 Å². The molecule has 13 heteroatoms. The fraction of sp³-hybridized carbons (Fsp3) is 0.292. The Morgan fingerprint density at radius 1 is 1.22 bits per heavy atom. The summed E-state index contributed by atoms with van der Waals surface area (Å²) < 4.78 is 54.2.